The molecule has 0 saturated carbocycles. The average Bonchev–Trinajstić information content (AvgIpc) is 2.98. The maximum absolute atomic E-state index is 6.14. The lowest BCUT2D eigenvalue weighted by Gasteiger charge is -2.46. The number of azo groups is 1. The van der Waals surface area contributed by atoms with Crippen molar-refractivity contribution < 1.29 is 4.74 Å². The Bertz CT molecular complexity index is 896. The van der Waals surface area contributed by atoms with Crippen molar-refractivity contribution in [2.45, 2.75) is 25.1 Å². The third-order valence-electron chi connectivity index (χ3n) is 5.94. The minimum Gasteiger partial charge on any atom is -0.351 e. The standard InChI is InChI=1S/C24H24N2O/c1-22(2)23(19-13-7-4-8-14-19,20-15-9-5-10-16-20)25-26-24(22,27-3)21-17-11-6-12-18-21/h4-18H,1-3H3. The minimum atomic E-state index is -0.875. The first-order chi connectivity index (χ1) is 13.1. The van der Waals surface area contributed by atoms with E-state index < -0.39 is 16.7 Å². The Kier molecular flexibility index (Phi) is 4.20. The summed E-state index contributed by atoms with van der Waals surface area (Å²) in [5, 5.41) is 9.78. The van der Waals surface area contributed by atoms with Crippen molar-refractivity contribution in [3.63, 3.8) is 0 Å². The lowest BCUT2D eigenvalue weighted by molar-refractivity contribution is -0.104. The highest BCUT2D eigenvalue weighted by molar-refractivity contribution is 5.45. The van der Waals surface area contributed by atoms with Gasteiger partial charge in [0.25, 0.3) is 0 Å². The van der Waals surface area contributed by atoms with Crippen LogP contribution in [0.25, 0.3) is 0 Å². The molecule has 0 amide bonds. The molecule has 1 aliphatic heterocycles. The molecule has 3 heteroatoms. The van der Waals surface area contributed by atoms with E-state index in [-0.39, 0.29) is 0 Å². The topological polar surface area (TPSA) is 34.0 Å². The van der Waals surface area contributed by atoms with Gasteiger partial charge in [-0.3, -0.25) is 0 Å². The molecule has 0 radical (unpaired) electrons. The van der Waals surface area contributed by atoms with Gasteiger partial charge in [-0.1, -0.05) is 105 Å². The van der Waals surface area contributed by atoms with E-state index in [1.165, 1.54) is 0 Å². The van der Waals surface area contributed by atoms with E-state index in [0.29, 0.717) is 0 Å². The molecule has 0 aromatic heterocycles. The minimum absolute atomic E-state index is 0.473. The predicted octanol–water partition coefficient (Wildman–Crippen LogP) is 5.92. The fraction of sp³-hybridized carbons (Fsp3) is 0.250. The molecular formula is C24H24N2O. The van der Waals surface area contributed by atoms with Gasteiger partial charge in [-0.15, -0.1) is 0 Å². The summed E-state index contributed by atoms with van der Waals surface area (Å²) in [5.74, 6) is 0. The third kappa shape index (κ3) is 2.31. The maximum Gasteiger partial charge on any atom is 0.212 e. The summed E-state index contributed by atoms with van der Waals surface area (Å²) in [6.07, 6.45) is 0. The van der Waals surface area contributed by atoms with E-state index in [4.69, 9.17) is 15.0 Å². The largest absolute Gasteiger partial charge is 0.351 e. The third-order valence-corrected chi connectivity index (χ3v) is 5.94. The molecule has 1 aliphatic rings. The summed E-state index contributed by atoms with van der Waals surface area (Å²) < 4.78 is 6.14. The van der Waals surface area contributed by atoms with Crippen LogP contribution < -0.4 is 0 Å². The summed E-state index contributed by atoms with van der Waals surface area (Å²) in [6, 6.07) is 31.0. The summed E-state index contributed by atoms with van der Waals surface area (Å²) >= 11 is 0. The van der Waals surface area contributed by atoms with Gasteiger partial charge in [0.2, 0.25) is 5.72 Å². The van der Waals surface area contributed by atoms with E-state index in [9.17, 15) is 0 Å². The average molecular weight is 356 g/mol. The molecule has 27 heavy (non-hydrogen) atoms. The number of hydrogen-bond donors (Lipinski definition) is 0. The molecule has 3 aromatic rings. The van der Waals surface area contributed by atoms with Crippen molar-refractivity contribution in [3.05, 3.63) is 108 Å². The van der Waals surface area contributed by atoms with E-state index in [0.717, 1.165) is 16.7 Å². The molecule has 1 atom stereocenters. The zero-order valence-electron chi connectivity index (χ0n) is 16.0. The van der Waals surface area contributed by atoms with Crippen LogP contribution in [0.15, 0.2) is 101 Å². The van der Waals surface area contributed by atoms with Crippen LogP contribution in [0, 0.1) is 5.41 Å². The van der Waals surface area contributed by atoms with Crippen molar-refractivity contribution in [3.8, 4) is 0 Å². The van der Waals surface area contributed by atoms with Crippen LogP contribution in [0.2, 0.25) is 0 Å². The monoisotopic (exact) mass is 356 g/mol. The highest BCUT2D eigenvalue weighted by Crippen LogP contribution is 2.63. The molecule has 0 bridgehead atoms. The molecular weight excluding hydrogens is 332 g/mol. The number of benzene rings is 3. The molecule has 0 spiro atoms. The second-order valence-electron chi connectivity index (χ2n) is 7.48. The number of ether oxygens (including phenoxy) is 1. The zero-order chi connectivity index (χ0) is 19.0. The molecule has 0 saturated heterocycles. The van der Waals surface area contributed by atoms with Crippen LogP contribution in [-0.2, 0) is 16.0 Å². The number of hydrogen-bond acceptors (Lipinski definition) is 3. The van der Waals surface area contributed by atoms with Gasteiger partial charge in [-0.2, -0.15) is 10.2 Å². The molecule has 3 aromatic carbocycles. The van der Waals surface area contributed by atoms with Crippen molar-refractivity contribution in [1.29, 1.82) is 0 Å². The zero-order valence-corrected chi connectivity index (χ0v) is 16.0. The van der Waals surface area contributed by atoms with Crippen molar-refractivity contribution in [2.75, 3.05) is 7.11 Å². The summed E-state index contributed by atoms with van der Waals surface area (Å²) in [5.41, 5.74) is 1.23. The lowest BCUT2D eigenvalue weighted by atomic mass is 9.60. The Labute approximate surface area is 160 Å². The highest BCUT2D eigenvalue weighted by Gasteiger charge is 2.65. The Balaban J connectivity index is 2.01. The quantitative estimate of drug-likeness (QED) is 0.571. The first kappa shape index (κ1) is 17.6. The fourth-order valence-corrected chi connectivity index (χ4v) is 4.50. The number of rotatable bonds is 4. The van der Waals surface area contributed by atoms with Gasteiger partial charge in [0.1, 0.15) is 5.54 Å². The van der Waals surface area contributed by atoms with Gasteiger partial charge < -0.3 is 4.74 Å². The van der Waals surface area contributed by atoms with Crippen molar-refractivity contribution in [2.24, 2.45) is 15.6 Å². The van der Waals surface area contributed by atoms with Gasteiger partial charge in [0.15, 0.2) is 0 Å². The molecule has 1 unspecified atom stereocenters. The van der Waals surface area contributed by atoms with E-state index in [2.05, 4.69) is 74.5 Å². The molecule has 0 fully saturated rings. The van der Waals surface area contributed by atoms with Gasteiger partial charge >= 0.3 is 0 Å². The van der Waals surface area contributed by atoms with Crippen LogP contribution in [0.3, 0.4) is 0 Å². The molecule has 0 N–H and O–H groups in total. The van der Waals surface area contributed by atoms with Gasteiger partial charge in [0, 0.05) is 12.7 Å². The smallest absolute Gasteiger partial charge is 0.212 e. The van der Waals surface area contributed by atoms with Gasteiger partial charge in [-0.25, -0.2) is 0 Å². The maximum atomic E-state index is 6.14. The molecule has 4 rings (SSSR count). The van der Waals surface area contributed by atoms with Crippen LogP contribution in [-0.4, -0.2) is 7.11 Å². The predicted molar refractivity (Wildman–Crippen MR) is 107 cm³/mol. The number of methoxy groups -OCH3 is 1. The van der Waals surface area contributed by atoms with Crippen LogP contribution in [0.4, 0.5) is 0 Å². The van der Waals surface area contributed by atoms with E-state index >= 15 is 0 Å². The molecule has 136 valence electrons. The summed E-state index contributed by atoms with van der Waals surface area (Å²) in [6.45, 7) is 4.40. The Morgan fingerprint density at radius 1 is 0.593 bits per heavy atom. The highest BCUT2D eigenvalue weighted by atomic mass is 16.5. The number of nitrogens with zero attached hydrogens (tertiary/aromatic N) is 2. The van der Waals surface area contributed by atoms with Crippen molar-refractivity contribution >= 4 is 0 Å². The van der Waals surface area contributed by atoms with Gasteiger partial charge in [-0.05, 0) is 11.1 Å². The normalized spacial score (nSPS) is 22.6. The summed E-state index contributed by atoms with van der Waals surface area (Å²) in [7, 11) is 1.72. The first-order valence-corrected chi connectivity index (χ1v) is 9.24. The molecule has 3 nitrogen and oxygen atoms in total. The lowest BCUT2D eigenvalue weighted by Crippen LogP contribution is -2.50. The Morgan fingerprint density at radius 2 is 1.00 bits per heavy atom. The van der Waals surface area contributed by atoms with E-state index in [1.54, 1.807) is 7.11 Å². The molecule has 1 heterocycles. The second-order valence-corrected chi connectivity index (χ2v) is 7.48. The molecule has 0 aliphatic carbocycles. The van der Waals surface area contributed by atoms with Crippen LogP contribution >= 0.6 is 0 Å². The van der Waals surface area contributed by atoms with Crippen LogP contribution in [0.5, 0.6) is 0 Å². The second kappa shape index (κ2) is 6.43. The van der Waals surface area contributed by atoms with E-state index in [1.807, 2.05) is 30.3 Å². The Morgan fingerprint density at radius 3 is 1.41 bits per heavy atom. The van der Waals surface area contributed by atoms with Crippen LogP contribution in [0.1, 0.15) is 30.5 Å². The summed E-state index contributed by atoms with van der Waals surface area (Å²) in [4.78, 5) is 0. The SMILES string of the molecule is COC1(c2ccccc2)N=NC(c2ccccc2)(c2ccccc2)C1(C)C. The van der Waals surface area contributed by atoms with Gasteiger partial charge in [0.05, 0.1) is 5.41 Å². The Hall–Kier alpha value is -2.78. The fourth-order valence-electron chi connectivity index (χ4n) is 4.50. The van der Waals surface area contributed by atoms with Crippen molar-refractivity contribution in [1.82, 2.24) is 0 Å². The first-order valence-electron chi connectivity index (χ1n) is 9.24.